The predicted molar refractivity (Wildman–Crippen MR) is 75.9 cm³/mol. The van der Waals surface area contributed by atoms with E-state index in [4.69, 9.17) is 0 Å². The molecule has 0 saturated heterocycles. The number of rotatable bonds is 5. The van der Waals surface area contributed by atoms with Crippen LogP contribution < -0.4 is 15.2 Å². The van der Waals surface area contributed by atoms with Crippen molar-refractivity contribution in [2.45, 2.75) is 13.5 Å². The van der Waals surface area contributed by atoms with Gasteiger partial charge in [-0.15, -0.1) is 0 Å². The van der Waals surface area contributed by atoms with Crippen molar-refractivity contribution in [1.82, 2.24) is 0 Å². The Balaban J connectivity index is 2.03. The van der Waals surface area contributed by atoms with Crippen LogP contribution in [0.25, 0.3) is 0 Å². The van der Waals surface area contributed by atoms with E-state index >= 15 is 0 Å². The molecule has 0 radical (unpaired) electrons. The van der Waals surface area contributed by atoms with E-state index in [2.05, 4.69) is 10.6 Å². The molecule has 0 aliphatic carbocycles. The molecule has 4 nitrogen and oxygen atoms in total. The molecule has 1 aromatic carbocycles. The highest BCUT2D eigenvalue weighted by molar-refractivity contribution is 5.93. The fourth-order valence-corrected chi connectivity index (χ4v) is 1.83. The highest BCUT2D eigenvalue weighted by atomic mass is 16.1. The second-order valence-electron chi connectivity index (χ2n) is 4.17. The lowest BCUT2D eigenvalue weighted by Crippen LogP contribution is -2.39. The monoisotopic (exact) mass is 256 g/mol. The van der Waals surface area contributed by atoms with E-state index in [1.54, 1.807) is 0 Å². The van der Waals surface area contributed by atoms with Crippen LogP contribution in [0.5, 0.6) is 0 Å². The fraction of sp³-hybridized carbons (Fsp3) is 0.200. The van der Waals surface area contributed by atoms with Crippen molar-refractivity contribution in [2.24, 2.45) is 0 Å². The van der Waals surface area contributed by atoms with Gasteiger partial charge in [0.25, 0.3) is 5.91 Å². The number of anilines is 2. The first kappa shape index (κ1) is 13.1. The van der Waals surface area contributed by atoms with Crippen LogP contribution in [0.3, 0.4) is 0 Å². The molecule has 98 valence electrons. The van der Waals surface area contributed by atoms with Gasteiger partial charge in [0.2, 0.25) is 6.54 Å². The molecule has 0 spiro atoms. The average Bonchev–Trinajstić information content (AvgIpc) is 2.42. The molecule has 1 heterocycles. The summed E-state index contributed by atoms with van der Waals surface area (Å²) in [5, 5.41) is 6.15. The van der Waals surface area contributed by atoms with Crippen molar-refractivity contribution in [1.29, 1.82) is 0 Å². The zero-order valence-corrected chi connectivity index (χ0v) is 11.0. The number of carbonyl (C=O) groups is 1. The minimum atomic E-state index is -0.0402. The van der Waals surface area contributed by atoms with Crippen LogP contribution >= 0.6 is 0 Å². The summed E-state index contributed by atoms with van der Waals surface area (Å²) in [6.45, 7) is 3.15. The van der Waals surface area contributed by atoms with Crippen molar-refractivity contribution in [3.63, 3.8) is 0 Å². The van der Waals surface area contributed by atoms with Gasteiger partial charge in [-0.2, -0.15) is 4.57 Å². The molecule has 4 heteroatoms. The van der Waals surface area contributed by atoms with Gasteiger partial charge >= 0.3 is 0 Å². The van der Waals surface area contributed by atoms with Gasteiger partial charge in [-0.3, -0.25) is 4.79 Å². The number of para-hydroxylation sites is 2. The summed E-state index contributed by atoms with van der Waals surface area (Å²) in [5.41, 5.74) is 1.75. The average molecular weight is 256 g/mol. The van der Waals surface area contributed by atoms with Crippen molar-refractivity contribution in [2.75, 3.05) is 17.2 Å². The number of hydrogen-bond donors (Lipinski definition) is 2. The molecule has 1 aromatic heterocycles. The Morgan fingerprint density at radius 2 is 1.74 bits per heavy atom. The molecule has 0 unspecified atom stereocenters. The van der Waals surface area contributed by atoms with Crippen LogP contribution in [0.2, 0.25) is 0 Å². The first-order valence-corrected chi connectivity index (χ1v) is 6.36. The Morgan fingerprint density at radius 3 is 2.42 bits per heavy atom. The molecule has 0 atom stereocenters. The maximum absolute atomic E-state index is 12.0. The molecular weight excluding hydrogens is 238 g/mol. The topological polar surface area (TPSA) is 45.0 Å². The molecule has 0 bridgehead atoms. The summed E-state index contributed by atoms with van der Waals surface area (Å²) in [6, 6.07) is 13.4. The van der Waals surface area contributed by atoms with E-state index in [1.165, 1.54) is 0 Å². The molecule has 0 aliphatic rings. The lowest BCUT2D eigenvalue weighted by Gasteiger charge is -2.10. The maximum Gasteiger partial charge on any atom is 0.290 e. The first-order chi connectivity index (χ1) is 9.29. The molecule has 1 amide bonds. The predicted octanol–water partition coefficient (Wildman–Crippen LogP) is 2.04. The second kappa shape index (κ2) is 6.54. The summed E-state index contributed by atoms with van der Waals surface area (Å²) >= 11 is 0. The molecule has 0 aliphatic heterocycles. The summed E-state index contributed by atoms with van der Waals surface area (Å²) in [5.74, 6) is -0.0402. The van der Waals surface area contributed by atoms with Crippen molar-refractivity contribution in [3.05, 3.63) is 54.9 Å². The Hall–Kier alpha value is -2.36. The van der Waals surface area contributed by atoms with Gasteiger partial charge in [-0.1, -0.05) is 18.2 Å². The van der Waals surface area contributed by atoms with E-state index in [0.717, 1.165) is 17.9 Å². The van der Waals surface area contributed by atoms with Crippen LogP contribution in [-0.2, 0) is 11.3 Å². The number of nitrogens with one attached hydrogen (secondary N) is 2. The van der Waals surface area contributed by atoms with E-state index in [9.17, 15) is 4.79 Å². The third kappa shape index (κ3) is 3.81. The van der Waals surface area contributed by atoms with Crippen LogP contribution in [0.15, 0.2) is 54.9 Å². The summed E-state index contributed by atoms with van der Waals surface area (Å²) in [7, 11) is 0. The van der Waals surface area contributed by atoms with Crippen molar-refractivity contribution in [3.8, 4) is 0 Å². The molecular formula is C15H18N3O+. The fourth-order valence-electron chi connectivity index (χ4n) is 1.83. The highest BCUT2D eigenvalue weighted by Crippen LogP contribution is 2.20. The minimum Gasteiger partial charge on any atom is -0.384 e. The number of benzene rings is 1. The van der Waals surface area contributed by atoms with E-state index < -0.39 is 0 Å². The smallest absolute Gasteiger partial charge is 0.290 e. The molecule has 2 rings (SSSR count). The van der Waals surface area contributed by atoms with Crippen LogP contribution in [0, 0.1) is 0 Å². The van der Waals surface area contributed by atoms with Gasteiger partial charge in [0, 0.05) is 18.7 Å². The first-order valence-electron chi connectivity index (χ1n) is 6.36. The van der Waals surface area contributed by atoms with Gasteiger partial charge in [0.1, 0.15) is 0 Å². The van der Waals surface area contributed by atoms with Crippen molar-refractivity contribution < 1.29 is 9.36 Å². The Labute approximate surface area is 113 Å². The van der Waals surface area contributed by atoms with E-state index in [-0.39, 0.29) is 5.91 Å². The molecule has 0 fully saturated rings. The lowest BCUT2D eigenvalue weighted by molar-refractivity contribution is -0.684. The van der Waals surface area contributed by atoms with E-state index in [1.807, 2.05) is 66.3 Å². The zero-order valence-electron chi connectivity index (χ0n) is 11.0. The van der Waals surface area contributed by atoms with Crippen LogP contribution in [-0.4, -0.2) is 12.5 Å². The lowest BCUT2D eigenvalue weighted by atomic mass is 10.2. The third-order valence-electron chi connectivity index (χ3n) is 2.67. The Bertz CT molecular complexity index is 540. The molecule has 2 aromatic rings. The molecule has 2 N–H and O–H groups in total. The van der Waals surface area contributed by atoms with Gasteiger partial charge in [0.15, 0.2) is 12.4 Å². The van der Waals surface area contributed by atoms with Gasteiger partial charge < -0.3 is 10.6 Å². The zero-order chi connectivity index (χ0) is 13.5. The standard InChI is InChI=1S/C15H17N3O/c1-2-16-13-8-4-5-9-14(13)17-15(19)12-18-10-6-3-7-11-18/h3-11,16H,2,12H2,1H3/p+1. The largest absolute Gasteiger partial charge is 0.384 e. The normalized spacial score (nSPS) is 9.95. The summed E-state index contributed by atoms with van der Waals surface area (Å²) < 4.78 is 1.84. The molecule has 0 saturated carbocycles. The SMILES string of the molecule is CCNc1ccccc1NC(=O)C[n+]1ccccc1. The molecule has 19 heavy (non-hydrogen) atoms. The Morgan fingerprint density at radius 1 is 1.05 bits per heavy atom. The Kier molecular flexibility index (Phi) is 4.50. The summed E-state index contributed by atoms with van der Waals surface area (Å²) in [4.78, 5) is 12.0. The quantitative estimate of drug-likeness (QED) is 0.804. The number of aromatic nitrogens is 1. The second-order valence-corrected chi connectivity index (χ2v) is 4.17. The number of pyridine rings is 1. The van der Waals surface area contributed by atoms with Gasteiger partial charge in [0.05, 0.1) is 11.4 Å². The minimum absolute atomic E-state index is 0.0402. The van der Waals surface area contributed by atoms with Crippen molar-refractivity contribution >= 4 is 17.3 Å². The number of nitrogens with zero attached hydrogens (tertiary/aromatic N) is 1. The van der Waals surface area contributed by atoms with Gasteiger partial charge in [-0.25, -0.2) is 0 Å². The third-order valence-corrected chi connectivity index (χ3v) is 2.67. The van der Waals surface area contributed by atoms with E-state index in [0.29, 0.717) is 6.54 Å². The number of hydrogen-bond acceptors (Lipinski definition) is 2. The van der Waals surface area contributed by atoms with Crippen LogP contribution in [0.1, 0.15) is 6.92 Å². The van der Waals surface area contributed by atoms with Crippen LogP contribution in [0.4, 0.5) is 11.4 Å². The number of carbonyl (C=O) groups excluding carboxylic acids is 1. The highest BCUT2D eigenvalue weighted by Gasteiger charge is 2.10. The van der Waals surface area contributed by atoms with Gasteiger partial charge in [-0.05, 0) is 19.1 Å². The maximum atomic E-state index is 12.0. The summed E-state index contributed by atoms with van der Waals surface area (Å²) in [6.07, 6.45) is 3.74. The number of amides is 1.